The van der Waals surface area contributed by atoms with E-state index in [1.807, 2.05) is 0 Å². The molecule has 3 rings (SSSR count). The van der Waals surface area contributed by atoms with Gasteiger partial charge in [0.1, 0.15) is 5.82 Å². The van der Waals surface area contributed by atoms with Gasteiger partial charge in [-0.1, -0.05) is 11.6 Å². The number of halogens is 2. The summed E-state index contributed by atoms with van der Waals surface area (Å²) in [6, 6.07) is 3.86. The second-order valence-electron chi connectivity index (χ2n) is 5.55. The highest BCUT2D eigenvalue weighted by Crippen LogP contribution is 2.48. The molecule has 1 amide bonds. The SMILES string of the molecule is NC1C2CCC(C2)C1C(=O)Nc1cc(F)ccc1Cl. The molecule has 3 N–H and O–H groups in total. The van der Waals surface area contributed by atoms with E-state index in [1.54, 1.807) is 0 Å². The van der Waals surface area contributed by atoms with E-state index in [0.717, 1.165) is 19.3 Å². The summed E-state index contributed by atoms with van der Waals surface area (Å²) in [4.78, 5) is 12.3. The van der Waals surface area contributed by atoms with Crippen LogP contribution in [0.1, 0.15) is 19.3 Å². The number of hydrogen-bond donors (Lipinski definition) is 2. The summed E-state index contributed by atoms with van der Waals surface area (Å²) < 4.78 is 13.2. The largest absolute Gasteiger partial charge is 0.327 e. The summed E-state index contributed by atoms with van der Waals surface area (Å²) in [5.41, 5.74) is 6.44. The van der Waals surface area contributed by atoms with Gasteiger partial charge in [-0.2, -0.15) is 0 Å². The van der Waals surface area contributed by atoms with Gasteiger partial charge in [0.05, 0.1) is 16.6 Å². The predicted octanol–water partition coefficient (Wildman–Crippen LogP) is 2.79. The first-order chi connectivity index (χ1) is 9.06. The molecule has 1 aromatic rings. The Morgan fingerprint density at radius 2 is 2.11 bits per heavy atom. The van der Waals surface area contributed by atoms with Crippen LogP contribution in [0.2, 0.25) is 5.02 Å². The molecule has 5 heteroatoms. The van der Waals surface area contributed by atoms with Crippen LogP contribution in [0, 0.1) is 23.6 Å². The lowest BCUT2D eigenvalue weighted by atomic mass is 9.84. The quantitative estimate of drug-likeness (QED) is 0.876. The molecule has 2 fully saturated rings. The van der Waals surface area contributed by atoms with Gasteiger partial charge in [0, 0.05) is 6.04 Å². The number of carbonyl (C=O) groups is 1. The molecule has 0 aromatic heterocycles. The van der Waals surface area contributed by atoms with E-state index >= 15 is 0 Å². The second kappa shape index (κ2) is 4.76. The van der Waals surface area contributed by atoms with Gasteiger partial charge in [-0.3, -0.25) is 4.79 Å². The van der Waals surface area contributed by atoms with Crippen molar-refractivity contribution < 1.29 is 9.18 Å². The molecule has 0 aliphatic heterocycles. The Bertz CT molecular complexity index is 520. The Morgan fingerprint density at radius 1 is 1.37 bits per heavy atom. The zero-order valence-corrected chi connectivity index (χ0v) is 11.2. The third-order valence-electron chi connectivity index (χ3n) is 4.47. The number of benzene rings is 1. The molecule has 0 heterocycles. The lowest BCUT2D eigenvalue weighted by Crippen LogP contribution is -2.42. The molecular weight excluding hydrogens is 267 g/mol. The predicted molar refractivity (Wildman–Crippen MR) is 72.3 cm³/mol. The highest BCUT2D eigenvalue weighted by atomic mass is 35.5. The van der Waals surface area contributed by atoms with Crippen molar-refractivity contribution in [1.82, 2.24) is 0 Å². The number of hydrogen-bond acceptors (Lipinski definition) is 2. The molecule has 0 saturated heterocycles. The first-order valence-corrected chi connectivity index (χ1v) is 6.95. The summed E-state index contributed by atoms with van der Waals surface area (Å²) in [6.07, 6.45) is 3.22. The zero-order valence-electron chi connectivity index (χ0n) is 10.4. The van der Waals surface area contributed by atoms with Gasteiger partial charge in [0.2, 0.25) is 5.91 Å². The van der Waals surface area contributed by atoms with Crippen molar-refractivity contribution in [1.29, 1.82) is 0 Å². The summed E-state index contributed by atoms with van der Waals surface area (Å²) in [5, 5.41) is 3.06. The van der Waals surface area contributed by atoms with Gasteiger partial charge >= 0.3 is 0 Å². The minimum atomic E-state index is -0.419. The van der Waals surface area contributed by atoms with Crippen molar-refractivity contribution in [2.45, 2.75) is 25.3 Å². The summed E-state index contributed by atoms with van der Waals surface area (Å²) in [5.74, 6) is 0.110. The van der Waals surface area contributed by atoms with E-state index in [-0.39, 0.29) is 17.9 Å². The van der Waals surface area contributed by atoms with Gasteiger partial charge in [0.25, 0.3) is 0 Å². The van der Waals surface area contributed by atoms with Crippen LogP contribution in [0.3, 0.4) is 0 Å². The third kappa shape index (κ3) is 2.23. The smallest absolute Gasteiger partial charge is 0.229 e. The van der Waals surface area contributed by atoms with Gasteiger partial charge in [-0.05, 0) is 49.3 Å². The number of carbonyl (C=O) groups excluding carboxylic acids is 1. The van der Waals surface area contributed by atoms with Crippen LogP contribution in [0.25, 0.3) is 0 Å². The Labute approximate surface area is 116 Å². The second-order valence-corrected chi connectivity index (χ2v) is 5.96. The lowest BCUT2D eigenvalue weighted by molar-refractivity contribution is -0.121. The molecule has 2 bridgehead atoms. The highest BCUT2D eigenvalue weighted by Gasteiger charge is 2.49. The Hall–Kier alpha value is -1.13. The molecule has 0 spiro atoms. The summed E-state index contributed by atoms with van der Waals surface area (Å²) in [7, 11) is 0. The van der Waals surface area contributed by atoms with Crippen LogP contribution in [-0.2, 0) is 4.79 Å². The van der Waals surface area contributed by atoms with Crippen LogP contribution in [0.4, 0.5) is 10.1 Å². The van der Waals surface area contributed by atoms with E-state index in [2.05, 4.69) is 5.32 Å². The maximum Gasteiger partial charge on any atom is 0.229 e. The number of nitrogens with two attached hydrogens (primary N) is 1. The van der Waals surface area contributed by atoms with Gasteiger partial charge in [-0.25, -0.2) is 4.39 Å². The lowest BCUT2D eigenvalue weighted by Gasteiger charge is -2.27. The molecule has 0 radical (unpaired) electrons. The summed E-state index contributed by atoms with van der Waals surface area (Å²) in [6.45, 7) is 0. The van der Waals surface area contributed by atoms with Crippen molar-refractivity contribution in [3.05, 3.63) is 29.0 Å². The van der Waals surface area contributed by atoms with Crippen molar-refractivity contribution in [3.63, 3.8) is 0 Å². The zero-order chi connectivity index (χ0) is 13.6. The highest BCUT2D eigenvalue weighted by molar-refractivity contribution is 6.33. The average Bonchev–Trinajstić information content (AvgIpc) is 2.94. The van der Waals surface area contributed by atoms with Crippen LogP contribution < -0.4 is 11.1 Å². The van der Waals surface area contributed by atoms with E-state index in [1.165, 1.54) is 18.2 Å². The Kier molecular flexibility index (Phi) is 3.23. The number of fused-ring (bicyclic) bond motifs is 2. The van der Waals surface area contributed by atoms with Gasteiger partial charge in [-0.15, -0.1) is 0 Å². The molecule has 2 aliphatic rings. The molecule has 4 unspecified atom stereocenters. The molecule has 1 aromatic carbocycles. The fourth-order valence-corrected chi connectivity index (χ4v) is 3.70. The summed E-state index contributed by atoms with van der Waals surface area (Å²) >= 11 is 5.95. The fraction of sp³-hybridized carbons (Fsp3) is 0.500. The fourth-order valence-electron chi connectivity index (χ4n) is 3.53. The molecule has 2 aliphatic carbocycles. The number of anilines is 1. The molecular formula is C14H16ClFN2O. The Morgan fingerprint density at radius 3 is 2.79 bits per heavy atom. The third-order valence-corrected chi connectivity index (χ3v) is 4.80. The Balaban J connectivity index is 1.77. The topological polar surface area (TPSA) is 55.1 Å². The van der Waals surface area contributed by atoms with E-state index in [4.69, 9.17) is 17.3 Å². The van der Waals surface area contributed by atoms with Crippen LogP contribution >= 0.6 is 11.6 Å². The van der Waals surface area contributed by atoms with Gasteiger partial charge in [0.15, 0.2) is 0 Å². The molecule has 102 valence electrons. The number of rotatable bonds is 2. The van der Waals surface area contributed by atoms with E-state index in [9.17, 15) is 9.18 Å². The maximum atomic E-state index is 13.2. The monoisotopic (exact) mass is 282 g/mol. The molecule has 19 heavy (non-hydrogen) atoms. The van der Waals surface area contributed by atoms with E-state index in [0.29, 0.717) is 22.5 Å². The first kappa shape index (κ1) is 12.9. The molecule has 2 saturated carbocycles. The number of amides is 1. The normalized spacial score (nSPS) is 32.6. The van der Waals surface area contributed by atoms with Crippen molar-refractivity contribution in [2.75, 3.05) is 5.32 Å². The standard InChI is InChI=1S/C14H16ClFN2O/c15-10-4-3-9(16)6-11(10)18-14(19)12-7-1-2-8(5-7)13(12)17/h3-4,6-8,12-13H,1-2,5,17H2,(H,18,19). The molecule has 4 atom stereocenters. The van der Waals surface area contributed by atoms with Crippen LogP contribution in [-0.4, -0.2) is 11.9 Å². The first-order valence-electron chi connectivity index (χ1n) is 6.58. The minimum absolute atomic E-state index is 0.0777. The molecule has 3 nitrogen and oxygen atoms in total. The van der Waals surface area contributed by atoms with E-state index < -0.39 is 5.82 Å². The van der Waals surface area contributed by atoms with Crippen LogP contribution in [0.15, 0.2) is 18.2 Å². The minimum Gasteiger partial charge on any atom is -0.327 e. The van der Waals surface area contributed by atoms with Crippen molar-refractivity contribution in [3.8, 4) is 0 Å². The maximum absolute atomic E-state index is 13.2. The van der Waals surface area contributed by atoms with Crippen LogP contribution in [0.5, 0.6) is 0 Å². The average molecular weight is 283 g/mol. The number of nitrogens with one attached hydrogen (secondary N) is 1. The van der Waals surface area contributed by atoms with Crippen molar-refractivity contribution >= 4 is 23.2 Å². The van der Waals surface area contributed by atoms with Crippen molar-refractivity contribution in [2.24, 2.45) is 23.5 Å². The van der Waals surface area contributed by atoms with Gasteiger partial charge < -0.3 is 11.1 Å².